The second-order valence-corrected chi connectivity index (χ2v) is 6.82. The number of amides is 1. The number of carbonyl (C=O) groups excluding carboxylic acids is 1. The van der Waals surface area contributed by atoms with Crippen molar-refractivity contribution in [2.75, 3.05) is 26.3 Å². The molecule has 2 aliphatic rings. The molecule has 4 atom stereocenters. The first kappa shape index (κ1) is 16.7. The SMILES string of the molecule is CC1CC(C)C(C(=O)N2CCC(OCCO)CC2)CC1N. The van der Waals surface area contributed by atoms with Crippen molar-refractivity contribution in [3.8, 4) is 0 Å². The smallest absolute Gasteiger partial charge is 0.226 e. The molecule has 5 heteroatoms. The molecule has 1 saturated heterocycles. The largest absolute Gasteiger partial charge is 0.394 e. The molecule has 0 spiro atoms. The number of hydrogen-bond donors (Lipinski definition) is 2. The first-order valence-electron chi connectivity index (χ1n) is 8.29. The third-order valence-corrected chi connectivity index (χ3v) is 5.20. The molecule has 1 aliphatic heterocycles. The Bertz CT molecular complexity index is 342. The van der Waals surface area contributed by atoms with E-state index in [0.29, 0.717) is 18.4 Å². The van der Waals surface area contributed by atoms with Gasteiger partial charge in [0, 0.05) is 25.0 Å². The monoisotopic (exact) mass is 298 g/mol. The molecule has 1 amide bonds. The molecular weight excluding hydrogens is 268 g/mol. The minimum Gasteiger partial charge on any atom is -0.394 e. The Kier molecular flexibility index (Phi) is 6.02. The van der Waals surface area contributed by atoms with Crippen LogP contribution >= 0.6 is 0 Å². The van der Waals surface area contributed by atoms with Crippen LogP contribution in [0.3, 0.4) is 0 Å². The summed E-state index contributed by atoms with van der Waals surface area (Å²) in [6, 6.07) is 0.153. The summed E-state index contributed by atoms with van der Waals surface area (Å²) in [6.45, 7) is 6.36. The van der Waals surface area contributed by atoms with E-state index in [-0.39, 0.29) is 30.6 Å². The van der Waals surface area contributed by atoms with Gasteiger partial charge in [-0.15, -0.1) is 0 Å². The predicted molar refractivity (Wildman–Crippen MR) is 81.7 cm³/mol. The van der Waals surface area contributed by atoms with E-state index in [4.69, 9.17) is 15.6 Å². The second kappa shape index (κ2) is 7.56. The van der Waals surface area contributed by atoms with Crippen LogP contribution in [0.25, 0.3) is 0 Å². The van der Waals surface area contributed by atoms with E-state index in [9.17, 15) is 4.79 Å². The Morgan fingerprint density at radius 3 is 2.52 bits per heavy atom. The number of aliphatic hydroxyl groups is 1. The molecule has 0 radical (unpaired) electrons. The topological polar surface area (TPSA) is 75.8 Å². The molecule has 5 nitrogen and oxygen atoms in total. The normalized spacial score (nSPS) is 35.0. The average molecular weight is 298 g/mol. The van der Waals surface area contributed by atoms with Gasteiger partial charge in [0.2, 0.25) is 5.91 Å². The van der Waals surface area contributed by atoms with Gasteiger partial charge in [0.1, 0.15) is 0 Å². The molecular formula is C16H30N2O3. The summed E-state index contributed by atoms with van der Waals surface area (Å²) in [5.41, 5.74) is 6.16. The van der Waals surface area contributed by atoms with E-state index < -0.39 is 0 Å². The van der Waals surface area contributed by atoms with E-state index in [1.807, 2.05) is 4.90 Å². The molecule has 0 aromatic carbocycles. The molecule has 3 N–H and O–H groups in total. The van der Waals surface area contributed by atoms with Crippen LogP contribution in [-0.2, 0) is 9.53 Å². The van der Waals surface area contributed by atoms with Crippen LogP contribution in [-0.4, -0.2) is 54.4 Å². The number of aliphatic hydroxyl groups excluding tert-OH is 1. The molecule has 0 aromatic rings. The highest BCUT2D eigenvalue weighted by Crippen LogP contribution is 2.34. The number of nitrogens with zero attached hydrogens (tertiary/aromatic N) is 1. The number of ether oxygens (including phenoxy) is 1. The van der Waals surface area contributed by atoms with Crippen LogP contribution in [0, 0.1) is 17.8 Å². The maximum Gasteiger partial charge on any atom is 0.226 e. The molecule has 0 aromatic heterocycles. The predicted octanol–water partition coefficient (Wildman–Crippen LogP) is 0.996. The first-order chi connectivity index (χ1) is 10.0. The molecule has 2 fully saturated rings. The summed E-state index contributed by atoms with van der Waals surface area (Å²) in [4.78, 5) is 14.7. The lowest BCUT2D eigenvalue weighted by Crippen LogP contribution is -2.49. The molecule has 4 unspecified atom stereocenters. The van der Waals surface area contributed by atoms with Gasteiger partial charge in [0.05, 0.1) is 19.3 Å². The third kappa shape index (κ3) is 4.18. The van der Waals surface area contributed by atoms with Crippen molar-refractivity contribution in [2.45, 2.75) is 51.7 Å². The molecule has 21 heavy (non-hydrogen) atoms. The van der Waals surface area contributed by atoms with Gasteiger partial charge in [-0.25, -0.2) is 0 Å². The van der Waals surface area contributed by atoms with Crippen molar-refractivity contribution in [2.24, 2.45) is 23.5 Å². The summed E-state index contributed by atoms with van der Waals surface area (Å²) in [5, 5.41) is 8.78. The maximum absolute atomic E-state index is 12.7. The van der Waals surface area contributed by atoms with E-state index in [0.717, 1.165) is 38.8 Å². The lowest BCUT2D eigenvalue weighted by atomic mass is 9.72. The Morgan fingerprint density at radius 2 is 1.90 bits per heavy atom. The first-order valence-corrected chi connectivity index (χ1v) is 8.29. The van der Waals surface area contributed by atoms with Gasteiger partial charge in [-0.1, -0.05) is 13.8 Å². The highest BCUT2D eigenvalue weighted by atomic mass is 16.5. The maximum atomic E-state index is 12.7. The Balaban J connectivity index is 1.84. The fraction of sp³-hybridized carbons (Fsp3) is 0.938. The minimum absolute atomic E-state index is 0.0643. The van der Waals surface area contributed by atoms with Gasteiger partial charge < -0.3 is 20.5 Å². The molecule has 122 valence electrons. The summed E-state index contributed by atoms with van der Waals surface area (Å²) in [7, 11) is 0. The van der Waals surface area contributed by atoms with Crippen molar-refractivity contribution < 1.29 is 14.6 Å². The fourth-order valence-electron chi connectivity index (χ4n) is 3.72. The van der Waals surface area contributed by atoms with E-state index in [2.05, 4.69) is 13.8 Å². The highest BCUT2D eigenvalue weighted by Gasteiger charge is 2.37. The second-order valence-electron chi connectivity index (χ2n) is 6.82. The Labute approximate surface area is 127 Å². The van der Waals surface area contributed by atoms with Crippen molar-refractivity contribution in [3.05, 3.63) is 0 Å². The van der Waals surface area contributed by atoms with Crippen LogP contribution in [0.1, 0.15) is 39.5 Å². The number of carbonyl (C=O) groups is 1. The van der Waals surface area contributed by atoms with E-state index in [1.54, 1.807) is 0 Å². The zero-order valence-electron chi connectivity index (χ0n) is 13.3. The van der Waals surface area contributed by atoms with E-state index in [1.165, 1.54) is 0 Å². The Hall–Kier alpha value is -0.650. The van der Waals surface area contributed by atoms with Crippen LogP contribution in [0.2, 0.25) is 0 Å². The standard InChI is InChI=1S/C16H30N2O3/c1-11-9-12(2)15(17)10-14(11)16(20)18-5-3-13(4-6-18)21-8-7-19/h11-15,19H,3-10,17H2,1-2H3. The van der Waals surface area contributed by atoms with Crippen molar-refractivity contribution in [3.63, 3.8) is 0 Å². The third-order valence-electron chi connectivity index (χ3n) is 5.20. The quantitative estimate of drug-likeness (QED) is 0.812. The molecule has 1 heterocycles. The van der Waals surface area contributed by atoms with Gasteiger partial charge >= 0.3 is 0 Å². The highest BCUT2D eigenvalue weighted by molar-refractivity contribution is 5.79. The summed E-state index contributed by atoms with van der Waals surface area (Å²) >= 11 is 0. The number of piperidine rings is 1. The van der Waals surface area contributed by atoms with Crippen molar-refractivity contribution in [1.29, 1.82) is 0 Å². The molecule has 1 saturated carbocycles. The fourth-order valence-corrected chi connectivity index (χ4v) is 3.72. The zero-order valence-corrected chi connectivity index (χ0v) is 13.3. The number of nitrogens with two attached hydrogens (primary N) is 1. The Morgan fingerprint density at radius 1 is 1.24 bits per heavy atom. The average Bonchev–Trinajstić information content (AvgIpc) is 2.48. The number of rotatable bonds is 4. The summed E-state index contributed by atoms with van der Waals surface area (Å²) in [6.07, 6.45) is 3.80. The van der Waals surface area contributed by atoms with Crippen molar-refractivity contribution in [1.82, 2.24) is 4.90 Å². The van der Waals surface area contributed by atoms with Crippen LogP contribution in [0.4, 0.5) is 0 Å². The van der Waals surface area contributed by atoms with E-state index >= 15 is 0 Å². The van der Waals surface area contributed by atoms with Crippen LogP contribution in [0.5, 0.6) is 0 Å². The lowest BCUT2D eigenvalue weighted by molar-refractivity contribution is -0.141. The van der Waals surface area contributed by atoms with Crippen molar-refractivity contribution >= 4 is 5.91 Å². The van der Waals surface area contributed by atoms with Gasteiger partial charge in [-0.3, -0.25) is 4.79 Å². The van der Waals surface area contributed by atoms with Crippen LogP contribution < -0.4 is 5.73 Å². The minimum atomic E-state index is 0.0643. The van der Waals surface area contributed by atoms with Gasteiger partial charge in [0.25, 0.3) is 0 Å². The molecule has 2 rings (SSSR count). The van der Waals surface area contributed by atoms with Crippen LogP contribution in [0.15, 0.2) is 0 Å². The number of hydrogen-bond acceptors (Lipinski definition) is 4. The molecule has 1 aliphatic carbocycles. The summed E-state index contributed by atoms with van der Waals surface area (Å²) < 4.78 is 5.55. The van der Waals surface area contributed by atoms with Gasteiger partial charge in [-0.2, -0.15) is 0 Å². The summed E-state index contributed by atoms with van der Waals surface area (Å²) in [5.74, 6) is 1.31. The zero-order chi connectivity index (χ0) is 15.4. The van der Waals surface area contributed by atoms with Gasteiger partial charge in [-0.05, 0) is 37.5 Å². The lowest BCUT2D eigenvalue weighted by Gasteiger charge is -2.40. The molecule has 0 bridgehead atoms. The number of likely N-dealkylation sites (tertiary alicyclic amines) is 1. The van der Waals surface area contributed by atoms with Gasteiger partial charge in [0.15, 0.2) is 0 Å².